The van der Waals surface area contributed by atoms with Crippen molar-refractivity contribution in [2.45, 2.75) is 25.4 Å². The predicted molar refractivity (Wildman–Crippen MR) is 108 cm³/mol. The monoisotopic (exact) mass is 568 g/mol. The van der Waals surface area contributed by atoms with Crippen molar-refractivity contribution in [3.63, 3.8) is 0 Å². The van der Waals surface area contributed by atoms with Gasteiger partial charge in [0.15, 0.2) is 0 Å². The zero-order chi connectivity index (χ0) is 22.8. The number of hydrogen-bond acceptors (Lipinski definition) is 4. The fourth-order valence-electron chi connectivity index (χ4n) is 2.73. The first-order valence-electron chi connectivity index (χ1n) is 8.54. The Morgan fingerprint density at radius 1 is 0.806 bits per heavy atom. The van der Waals surface area contributed by atoms with Gasteiger partial charge in [0.1, 0.15) is 4.60 Å². The van der Waals surface area contributed by atoms with Crippen LogP contribution >= 0.6 is 31.9 Å². The SMILES string of the molecule is FC(F)(F)c1cc(CN(Cc2cccc(Br)n2)c2ncc(Br)cn2)cc(C(F)(F)F)c1. The fraction of sp³-hybridized carbons (Fsp3) is 0.211. The van der Waals surface area contributed by atoms with Crippen molar-refractivity contribution in [1.82, 2.24) is 15.0 Å². The maximum Gasteiger partial charge on any atom is 0.416 e. The van der Waals surface area contributed by atoms with Crippen molar-refractivity contribution in [3.05, 3.63) is 80.3 Å². The molecule has 0 aliphatic rings. The van der Waals surface area contributed by atoms with Crippen molar-refractivity contribution in [2.75, 3.05) is 4.90 Å². The van der Waals surface area contributed by atoms with Gasteiger partial charge in [-0.05, 0) is 67.8 Å². The highest BCUT2D eigenvalue weighted by Crippen LogP contribution is 2.36. The van der Waals surface area contributed by atoms with Crippen LogP contribution in [-0.4, -0.2) is 15.0 Å². The van der Waals surface area contributed by atoms with Crippen LogP contribution in [0, 0.1) is 0 Å². The third-order valence-corrected chi connectivity index (χ3v) is 4.89. The Labute approximate surface area is 189 Å². The van der Waals surface area contributed by atoms with E-state index in [1.807, 2.05) is 0 Å². The Morgan fingerprint density at radius 3 is 1.90 bits per heavy atom. The Balaban J connectivity index is 2.03. The minimum Gasteiger partial charge on any atom is -0.331 e. The average molecular weight is 570 g/mol. The molecule has 0 radical (unpaired) electrons. The molecule has 2 heterocycles. The first kappa shape index (κ1) is 23.5. The number of rotatable bonds is 5. The molecular formula is C19H12Br2F6N4. The highest BCUT2D eigenvalue weighted by molar-refractivity contribution is 9.10. The molecule has 3 aromatic rings. The second-order valence-electron chi connectivity index (χ2n) is 6.42. The Kier molecular flexibility index (Phi) is 6.89. The molecule has 0 fully saturated rings. The minimum atomic E-state index is -4.93. The van der Waals surface area contributed by atoms with Crippen molar-refractivity contribution < 1.29 is 26.3 Å². The molecule has 4 nitrogen and oxygen atoms in total. The van der Waals surface area contributed by atoms with E-state index in [0.717, 1.165) is 0 Å². The van der Waals surface area contributed by atoms with Crippen molar-refractivity contribution >= 4 is 37.8 Å². The largest absolute Gasteiger partial charge is 0.416 e. The van der Waals surface area contributed by atoms with Crippen LogP contribution in [0.5, 0.6) is 0 Å². The lowest BCUT2D eigenvalue weighted by Crippen LogP contribution is -2.25. The minimum absolute atomic E-state index is 0.0542. The molecule has 0 spiro atoms. The number of anilines is 1. The van der Waals surface area contributed by atoms with E-state index in [4.69, 9.17) is 0 Å². The number of aromatic nitrogens is 3. The van der Waals surface area contributed by atoms with Crippen LogP contribution in [0.15, 0.2) is 57.9 Å². The molecule has 1 aromatic carbocycles. The summed E-state index contributed by atoms with van der Waals surface area (Å²) in [5.41, 5.74) is -2.43. The van der Waals surface area contributed by atoms with Crippen LogP contribution in [0.25, 0.3) is 0 Å². The van der Waals surface area contributed by atoms with E-state index in [1.54, 1.807) is 18.2 Å². The molecular weight excluding hydrogens is 558 g/mol. The van der Waals surface area contributed by atoms with Gasteiger partial charge in [-0.2, -0.15) is 26.3 Å². The van der Waals surface area contributed by atoms with E-state index in [1.165, 1.54) is 17.3 Å². The smallest absolute Gasteiger partial charge is 0.331 e. The number of hydrogen-bond donors (Lipinski definition) is 0. The predicted octanol–water partition coefficient (Wildman–Crippen LogP) is 6.64. The Bertz CT molecular complexity index is 1020. The summed E-state index contributed by atoms with van der Waals surface area (Å²) in [5.74, 6) is 0.121. The maximum absolute atomic E-state index is 13.2. The lowest BCUT2D eigenvalue weighted by atomic mass is 10.0. The summed E-state index contributed by atoms with van der Waals surface area (Å²) >= 11 is 6.42. The molecule has 0 N–H and O–H groups in total. The van der Waals surface area contributed by atoms with Gasteiger partial charge in [-0.3, -0.25) is 0 Å². The Morgan fingerprint density at radius 2 is 1.39 bits per heavy atom. The van der Waals surface area contributed by atoms with Crippen molar-refractivity contribution in [3.8, 4) is 0 Å². The standard InChI is InChI=1S/C19H12Br2F6N4/c20-14-7-28-17(29-8-14)31(10-15-2-1-3-16(21)30-15)9-11-4-12(18(22,23)24)6-13(5-11)19(25,26)27/h1-8H,9-10H2. The number of alkyl halides is 6. The molecule has 0 bridgehead atoms. The van der Waals surface area contributed by atoms with Crippen molar-refractivity contribution in [2.24, 2.45) is 0 Å². The van der Waals surface area contributed by atoms with Crippen LogP contribution < -0.4 is 4.90 Å². The number of pyridine rings is 1. The molecule has 3 rings (SSSR count). The van der Waals surface area contributed by atoms with E-state index < -0.39 is 23.5 Å². The number of halogens is 8. The summed E-state index contributed by atoms with van der Waals surface area (Å²) in [4.78, 5) is 13.9. The lowest BCUT2D eigenvalue weighted by molar-refractivity contribution is -0.143. The molecule has 2 aromatic heterocycles. The molecule has 12 heteroatoms. The quantitative estimate of drug-likeness (QED) is 0.255. The number of nitrogens with zero attached hydrogens (tertiary/aromatic N) is 4. The molecule has 0 amide bonds. The first-order valence-corrected chi connectivity index (χ1v) is 10.1. The van der Waals surface area contributed by atoms with E-state index >= 15 is 0 Å². The van der Waals surface area contributed by atoms with Gasteiger partial charge in [0, 0.05) is 18.9 Å². The topological polar surface area (TPSA) is 41.9 Å². The molecule has 31 heavy (non-hydrogen) atoms. The van der Waals surface area contributed by atoms with Crippen LogP contribution in [0.1, 0.15) is 22.4 Å². The zero-order valence-electron chi connectivity index (χ0n) is 15.3. The second kappa shape index (κ2) is 9.11. The highest BCUT2D eigenvalue weighted by Gasteiger charge is 2.37. The van der Waals surface area contributed by atoms with E-state index in [2.05, 4.69) is 46.8 Å². The van der Waals surface area contributed by atoms with Gasteiger partial charge in [-0.1, -0.05) is 6.07 Å². The summed E-state index contributed by atoms with van der Waals surface area (Å²) in [7, 11) is 0. The molecule has 164 valence electrons. The summed E-state index contributed by atoms with van der Waals surface area (Å²) in [6.07, 6.45) is -7.00. The molecule has 0 aliphatic carbocycles. The molecule has 0 saturated heterocycles. The van der Waals surface area contributed by atoms with Gasteiger partial charge >= 0.3 is 12.4 Å². The summed E-state index contributed by atoms with van der Waals surface area (Å²) in [5, 5.41) is 0. The van der Waals surface area contributed by atoms with E-state index in [9.17, 15) is 26.3 Å². The highest BCUT2D eigenvalue weighted by atomic mass is 79.9. The second-order valence-corrected chi connectivity index (χ2v) is 8.15. The van der Waals surface area contributed by atoms with E-state index in [-0.39, 0.29) is 30.7 Å². The van der Waals surface area contributed by atoms with Gasteiger partial charge in [0.2, 0.25) is 5.95 Å². The summed E-state index contributed by atoms with van der Waals surface area (Å²) in [6, 6.07) is 6.54. The third kappa shape index (κ3) is 6.39. The maximum atomic E-state index is 13.2. The van der Waals surface area contributed by atoms with Gasteiger partial charge in [0.05, 0.1) is 27.8 Å². The molecule has 0 unspecified atom stereocenters. The van der Waals surface area contributed by atoms with Crippen molar-refractivity contribution in [1.29, 1.82) is 0 Å². The van der Waals surface area contributed by atoms with Gasteiger partial charge in [-0.15, -0.1) is 0 Å². The van der Waals surface area contributed by atoms with Gasteiger partial charge < -0.3 is 4.90 Å². The van der Waals surface area contributed by atoms with Crippen LogP contribution in [-0.2, 0) is 25.4 Å². The third-order valence-electron chi connectivity index (χ3n) is 4.04. The molecule has 0 atom stereocenters. The average Bonchev–Trinajstić information content (AvgIpc) is 2.66. The van der Waals surface area contributed by atoms with Crippen LogP contribution in [0.2, 0.25) is 0 Å². The summed E-state index contributed by atoms with van der Waals surface area (Å²) < 4.78 is 80.3. The van der Waals surface area contributed by atoms with Crippen LogP contribution in [0.3, 0.4) is 0 Å². The Hall–Kier alpha value is -2.21. The normalized spacial score (nSPS) is 12.1. The summed E-state index contributed by atoms with van der Waals surface area (Å²) in [6.45, 7) is -0.249. The fourth-order valence-corrected chi connectivity index (χ4v) is 3.32. The van der Waals surface area contributed by atoms with Gasteiger partial charge in [-0.25, -0.2) is 15.0 Å². The van der Waals surface area contributed by atoms with E-state index in [0.29, 0.717) is 26.9 Å². The molecule has 0 aliphatic heterocycles. The molecule has 0 saturated carbocycles. The van der Waals surface area contributed by atoms with Crippen LogP contribution in [0.4, 0.5) is 32.3 Å². The zero-order valence-corrected chi connectivity index (χ0v) is 18.5. The first-order chi connectivity index (χ1) is 14.4. The number of benzene rings is 1. The lowest BCUT2D eigenvalue weighted by Gasteiger charge is -2.23. The van der Waals surface area contributed by atoms with Gasteiger partial charge in [0.25, 0.3) is 0 Å².